The predicted octanol–water partition coefficient (Wildman–Crippen LogP) is 2.99. The van der Waals surface area contributed by atoms with Crippen LogP contribution in [0.4, 0.5) is 8.78 Å². The van der Waals surface area contributed by atoms with Gasteiger partial charge >= 0.3 is 0 Å². The molecule has 0 radical (unpaired) electrons. The van der Waals surface area contributed by atoms with Crippen LogP contribution in [0.3, 0.4) is 0 Å². The van der Waals surface area contributed by atoms with Gasteiger partial charge in [0, 0.05) is 17.9 Å². The number of hydrogen-bond acceptors (Lipinski definition) is 4. The Balaban J connectivity index is 1.57. The first-order valence-corrected chi connectivity index (χ1v) is 7.02. The molecule has 1 aromatic heterocycles. The zero-order valence-electron chi connectivity index (χ0n) is 11.2. The van der Waals surface area contributed by atoms with Crippen LogP contribution in [0.1, 0.15) is 30.2 Å². The highest BCUT2D eigenvalue weighted by Crippen LogP contribution is 2.68. The molecule has 0 bridgehead atoms. The third-order valence-electron chi connectivity index (χ3n) is 4.59. The van der Waals surface area contributed by atoms with Crippen LogP contribution in [0.15, 0.2) is 28.8 Å². The molecule has 110 valence electrons. The SMILES string of the molecule is OCc1ccc(-c2noc([C@@H]3[C@@H]4CCC(F)(F)[C@@H]43)n2)cc1. The molecule has 2 saturated carbocycles. The fourth-order valence-corrected chi connectivity index (χ4v) is 3.42. The number of alkyl halides is 2. The number of benzene rings is 1. The molecule has 4 nitrogen and oxygen atoms in total. The molecule has 6 heteroatoms. The maximum absolute atomic E-state index is 13.6. The zero-order chi connectivity index (χ0) is 14.6. The van der Waals surface area contributed by atoms with Crippen LogP contribution in [-0.4, -0.2) is 21.2 Å². The second-order valence-electron chi connectivity index (χ2n) is 5.83. The molecule has 2 aromatic rings. The van der Waals surface area contributed by atoms with Crippen molar-refractivity contribution < 1.29 is 18.4 Å². The van der Waals surface area contributed by atoms with E-state index >= 15 is 0 Å². The standard InChI is InChI=1S/C15H14F2N2O2/c16-15(17)6-5-10-11(12(10)15)14-18-13(19-21-14)9-3-1-8(7-20)2-4-9/h1-4,10-12,20H,5-7H2/t10-,11+,12-/m0/s1. The number of fused-ring (bicyclic) bond motifs is 1. The number of aliphatic hydroxyl groups excluding tert-OH is 1. The van der Waals surface area contributed by atoms with E-state index in [2.05, 4.69) is 10.1 Å². The van der Waals surface area contributed by atoms with E-state index in [1.54, 1.807) is 24.3 Å². The average Bonchev–Trinajstić information content (AvgIpc) is 2.87. The van der Waals surface area contributed by atoms with Crippen LogP contribution < -0.4 is 0 Å². The Bertz CT molecular complexity index is 669. The van der Waals surface area contributed by atoms with Gasteiger partial charge in [0.1, 0.15) is 0 Å². The van der Waals surface area contributed by atoms with Crippen molar-refractivity contribution in [1.29, 1.82) is 0 Å². The van der Waals surface area contributed by atoms with Crippen molar-refractivity contribution in [2.24, 2.45) is 11.8 Å². The maximum atomic E-state index is 13.6. The Kier molecular flexibility index (Phi) is 2.66. The lowest BCUT2D eigenvalue weighted by Crippen LogP contribution is -2.16. The monoisotopic (exact) mass is 292 g/mol. The molecule has 21 heavy (non-hydrogen) atoms. The van der Waals surface area contributed by atoms with E-state index in [1.807, 2.05) is 0 Å². The van der Waals surface area contributed by atoms with Crippen molar-refractivity contribution in [2.75, 3.05) is 0 Å². The molecule has 2 aliphatic rings. The third kappa shape index (κ3) is 1.97. The average molecular weight is 292 g/mol. The normalized spacial score (nSPS) is 29.4. The van der Waals surface area contributed by atoms with Crippen LogP contribution in [0, 0.1) is 11.8 Å². The van der Waals surface area contributed by atoms with Gasteiger partial charge in [0.25, 0.3) is 5.92 Å². The predicted molar refractivity (Wildman–Crippen MR) is 69.6 cm³/mol. The van der Waals surface area contributed by atoms with Gasteiger partial charge in [0.15, 0.2) is 0 Å². The van der Waals surface area contributed by atoms with Gasteiger partial charge in [-0.3, -0.25) is 0 Å². The van der Waals surface area contributed by atoms with Crippen molar-refractivity contribution in [2.45, 2.75) is 31.3 Å². The molecule has 0 spiro atoms. The van der Waals surface area contributed by atoms with Gasteiger partial charge in [0.2, 0.25) is 11.7 Å². The summed E-state index contributed by atoms with van der Waals surface area (Å²) in [7, 11) is 0. The summed E-state index contributed by atoms with van der Waals surface area (Å²) in [5.74, 6) is -2.78. The topological polar surface area (TPSA) is 59.2 Å². The van der Waals surface area contributed by atoms with Crippen molar-refractivity contribution in [3.8, 4) is 11.4 Å². The lowest BCUT2D eigenvalue weighted by molar-refractivity contribution is -0.0182. The summed E-state index contributed by atoms with van der Waals surface area (Å²) in [4.78, 5) is 4.27. The van der Waals surface area contributed by atoms with Crippen LogP contribution in [0.5, 0.6) is 0 Å². The first-order valence-electron chi connectivity index (χ1n) is 7.02. The fourth-order valence-electron chi connectivity index (χ4n) is 3.42. The Morgan fingerprint density at radius 2 is 2.05 bits per heavy atom. The number of halogens is 2. The first-order chi connectivity index (χ1) is 10.1. The first kappa shape index (κ1) is 12.9. The third-order valence-corrected chi connectivity index (χ3v) is 4.59. The molecule has 2 aliphatic carbocycles. The number of hydrogen-bond donors (Lipinski definition) is 1. The summed E-state index contributed by atoms with van der Waals surface area (Å²) >= 11 is 0. The molecule has 0 saturated heterocycles. The van der Waals surface area contributed by atoms with E-state index in [4.69, 9.17) is 9.63 Å². The van der Waals surface area contributed by atoms with E-state index in [0.717, 1.165) is 11.1 Å². The molecule has 0 aliphatic heterocycles. The second kappa shape index (κ2) is 4.34. The van der Waals surface area contributed by atoms with Gasteiger partial charge in [-0.2, -0.15) is 4.98 Å². The van der Waals surface area contributed by atoms with Gasteiger partial charge < -0.3 is 9.63 Å². The molecule has 1 heterocycles. The molecule has 4 rings (SSSR count). The lowest BCUT2D eigenvalue weighted by Gasteiger charge is -2.10. The summed E-state index contributed by atoms with van der Waals surface area (Å²) in [6.07, 6.45) is 0.508. The summed E-state index contributed by atoms with van der Waals surface area (Å²) in [5.41, 5.74) is 1.54. The molecule has 0 unspecified atom stereocenters. The fraction of sp³-hybridized carbons (Fsp3) is 0.467. The molecule has 3 atom stereocenters. The number of nitrogens with zero attached hydrogens (tertiary/aromatic N) is 2. The maximum Gasteiger partial charge on any atom is 0.252 e. The summed E-state index contributed by atoms with van der Waals surface area (Å²) in [6, 6.07) is 7.10. The van der Waals surface area contributed by atoms with Crippen molar-refractivity contribution in [1.82, 2.24) is 10.1 Å². The molecule has 0 amide bonds. The van der Waals surface area contributed by atoms with Gasteiger partial charge in [-0.1, -0.05) is 29.4 Å². The minimum atomic E-state index is -2.59. The van der Waals surface area contributed by atoms with E-state index in [-0.39, 0.29) is 24.9 Å². The molecule has 1 N–H and O–H groups in total. The van der Waals surface area contributed by atoms with E-state index in [0.29, 0.717) is 18.1 Å². The van der Waals surface area contributed by atoms with E-state index < -0.39 is 11.8 Å². The van der Waals surface area contributed by atoms with Crippen molar-refractivity contribution >= 4 is 0 Å². The zero-order valence-corrected chi connectivity index (χ0v) is 11.2. The minimum Gasteiger partial charge on any atom is -0.392 e. The Morgan fingerprint density at radius 3 is 2.67 bits per heavy atom. The van der Waals surface area contributed by atoms with Gasteiger partial charge in [-0.05, 0) is 17.9 Å². The summed E-state index contributed by atoms with van der Waals surface area (Å²) < 4.78 is 32.4. The minimum absolute atomic E-state index is 0.00920. The quantitative estimate of drug-likeness (QED) is 0.944. The molecule has 1 aromatic carbocycles. The highest BCUT2D eigenvalue weighted by atomic mass is 19.3. The number of aliphatic hydroxyl groups is 1. The van der Waals surface area contributed by atoms with Crippen LogP contribution in [0.25, 0.3) is 11.4 Å². The molecular weight excluding hydrogens is 278 g/mol. The smallest absolute Gasteiger partial charge is 0.252 e. The molecular formula is C15H14F2N2O2. The Labute approximate surface area is 119 Å². The number of rotatable bonds is 3. The number of aromatic nitrogens is 2. The van der Waals surface area contributed by atoms with Crippen LogP contribution in [0.2, 0.25) is 0 Å². The van der Waals surface area contributed by atoms with Gasteiger partial charge in [-0.15, -0.1) is 0 Å². The van der Waals surface area contributed by atoms with Gasteiger partial charge in [0.05, 0.1) is 12.5 Å². The summed E-state index contributed by atoms with van der Waals surface area (Å²) in [5, 5.41) is 12.9. The second-order valence-corrected chi connectivity index (χ2v) is 5.83. The van der Waals surface area contributed by atoms with Crippen molar-refractivity contribution in [3.63, 3.8) is 0 Å². The largest absolute Gasteiger partial charge is 0.392 e. The highest BCUT2D eigenvalue weighted by molar-refractivity contribution is 5.54. The summed E-state index contributed by atoms with van der Waals surface area (Å²) in [6.45, 7) is -0.0295. The van der Waals surface area contributed by atoms with Gasteiger partial charge in [-0.25, -0.2) is 8.78 Å². The van der Waals surface area contributed by atoms with Crippen LogP contribution in [-0.2, 0) is 6.61 Å². The van der Waals surface area contributed by atoms with E-state index in [9.17, 15) is 8.78 Å². The van der Waals surface area contributed by atoms with Crippen LogP contribution >= 0.6 is 0 Å². The Morgan fingerprint density at radius 1 is 1.29 bits per heavy atom. The Hall–Kier alpha value is -1.82. The van der Waals surface area contributed by atoms with E-state index in [1.165, 1.54) is 0 Å². The van der Waals surface area contributed by atoms with Crippen molar-refractivity contribution in [3.05, 3.63) is 35.7 Å². The lowest BCUT2D eigenvalue weighted by atomic mass is 10.1. The molecule has 2 fully saturated rings. The highest BCUT2D eigenvalue weighted by Gasteiger charge is 2.69.